The molecule has 1 heterocycles. The first-order valence-electron chi connectivity index (χ1n) is 5.47. The molecule has 18 heavy (non-hydrogen) atoms. The molecule has 7 nitrogen and oxygen atoms in total. The van der Waals surface area contributed by atoms with Gasteiger partial charge < -0.3 is 10.6 Å². The number of sulfone groups is 1. The van der Waals surface area contributed by atoms with E-state index in [4.69, 9.17) is 0 Å². The standard InChI is InChI=1S/C10H18N4O3S/c1-8(7-18(3,16)17)13-9-4-12-14(5-9)6-10(15)11-2/h4-5,8,13H,6-7H2,1-3H3,(H,11,15). The van der Waals surface area contributed by atoms with Crippen molar-refractivity contribution in [3.05, 3.63) is 12.4 Å². The van der Waals surface area contributed by atoms with E-state index in [0.29, 0.717) is 5.69 Å². The van der Waals surface area contributed by atoms with E-state index >= 15 is 0 Å². The number of likely N-dealkylation sites (N-methyl/N-ethyl adjacent to an activating group) is 1. The molecule has 1 atom stereocenters. The summed E-state index contributed by atoms with van der Waals surface area (Å²) >= 11 is 0. The van der Waals surface area contributed by atoms with Gasteiger partial charge in [-0.1, -0.05) is 0 Å². The Kier molecular flexibility index (Phi) is 4.71. The van der Waals surface area contributed by atoms with Gasteiger partial charge >= 0.3 is 0 Å². The molecule has 1 aromatic heterocycles. The molecule has 0 aromatic carbocycles. The molecule has 0 fully saturated rings. The minimum Gasteiger partial charge on any atom is -0.379 e. The zero-order valence-electron chi connectivity index (χ0n) is 10.7. The van der Waals surface area contributed by atoms with Gasteiger partial charge in [0.25, 0.3) is 0 Å². The van der Waals surface area contributed by atoms with E-state index in [9.17, 15) is 13.2 Å². The van der Waals surface area contributed by atoms with Gasteiger partial charge in [0.15, 0.2) is 0 Å². The number of carbonyl (C=O) groups is 1. The summed E-state index contributed by atoms with van der Waals surface area (Å²) in [5.41, 5.74) is 0.690. The predicted molar refractivity (Wildman–Crippen MR) is 69.1 cm³/mol. The van der Waals surface area contributed by atoms with Gasteiger partial charge in [0.1, 0.15) is 16.4 Å². The monoisotopic (exact) mass is 274 g/mol. The molecule has 0 aliphatic heterocycles. The van der Waals surface area contributed by atoms with Crippen LogP contribution in [0.3, 0.4) is 0 Å². The number of anilines is 1. The topological polar surface area (TPSA) is 93.1 Å². The van der Waals surface area contributed by atoms with Crippen LogP contribution in [-0.4, -0.2) is 49.2 Å². The Labute approximate surface area is 106 Å². The van der Waals surface area contributed by atoms with E-state index < -0.39 is 9.84 Å². The van der Waals surface area contributed by atoms with E-state index in [1.54, 1.807) is 26.4 Å². The number of hydrogen-bond acceptors (Lipinski definition) is 5. The molecule has 0 aliphatic carbocycles. The second-order valence-electron chi connectivity index (χ2n) is 4.24. The van der Waals surface area contributed by atoms with Crippen LogP contribution in [0.4, 0.5) is 5.69 Å². The highest BCUT2D eigenvalue weighted by Gasteiger charge is 2.11. The number of nitrogens with one attached hydrogen (secondary N) is 2. The number of carbonyl (C=O) groups excluding carboxylic acids is 1. The van der Waals surface area contributed by atoms with Gasteiger partial charge in [-0.05, 0) is 6.92 Å². The van der Waals surface area contributed by atoms with Crippen LogP contribution in [0.2, 0.25) is 0 Å². The van der Waals surface area contributed by atoms with Crippen molar-refractivity contribution in [3.63, 3.8) is 0 Å². The molecule has 1 rings (SSSR count). The first-order chi connectivity index (χ1) is 8.30. The molecule has 1 aromatic rings. The molecule has 2 N–H and O–H groups in total. The fourth-order valence-corrected chi connectivity index (χ4v) is 2.52. The molecule has 102 valence electrons. The second kappa shape index (κ2) is 5.85. The number of rotatable bonds is 6. The average molecular weight is 274 g/mol. The zero-order chi connectivity index (χ0) is 13.8. The number of hydrogen-bond donors (Lipinski definition) is 2. The smallest absolute Gasteiger partial charge is 0.241 e. The van der Waals surface area contributed by atoms with Crippen LogP contribution in [0.5, 0.6) is 0 Å². The van der Waals surface area contributed by atoms with Crippen LogP contribution in [0.15, 0.2) is 12.4 Å². The summed E-state index contributed by atoms with van der Waals surface area (Å²) < 4.78 is 23.7. The van der Waals surface area contributed by atoms with Crippen molar-refractivity contribution in [1.29, 1.82) is 0 Å². The maximum atomic E-state index is 11.1. The molecule has 0 spiro atoms. The van der Waals surface area contributed by atoms with Crippen molar-refractivity contribution in [2.45, 2.75) is 19.5 Å². The minimum absolute atomic E-state index is 0.0492. The number of aromatic nitrogens is 2. The van der Waals surface area contributed by atoms with Crippen LogP contribution >= 0.6 is 0 Å². The van der Waals surface area contributed by atoms with Gasteiger partial charge in [-0.25, -0.2) is 8.42 Å². The molecular weight excluding hydrogens is 256 g/mol. The van der Waals surface area contributed by atoms with Crippen LogP contribution in [0.1, 0.15) is 6.92 Å². The van der Waals surface area contributed by atoms with Crippen molar-refractivity contribution < 1.29 is 13.2 Å². The maximum Gasteiger partial charge on any atom is 0.241 e. The SMILES string of the molecule is CNC(=O)Cn1cc(NC(C)CS(C)(=O)=O)cn1. The third-order valence-electron chi connectivity index (χ3n) is 2.18. The van der Waals surface area contributed by atoms with Crippen molar-refractivity contribution in [2.75, 3.05) is 24.4 Å². The van der Waals surface area contributed by atoms with Crippen molar-refractivity contribution >= 4 is 21.4 Å². The normalized spacial score (nSPS) is 13.1. The Morgan fingerprint density at radius 3 is 2.78 bits per heavy atom. The lowest BCUT2D eigenvalue weighted by Gasteiger charge is -2.11. The Morgan fingerprint density at radius 1 is 1.56 bits per heavy atom. The van der Waals surface area contributed by atoms with Gasteiger partial charge in [0.2, 0.25) is 5.91 Å². The number of amides is 1. The van der Waals surface area contributed by atoms with Crippen LogP contribution < -0.4 is 10.6 Å². The van der Waals surface area contributed by atoms with E-state index in [1.807, 2.05) is 0 Å². The van der Waals surface area contributed by atoms with E-state index in [-0.39, 0.29) is 24.2 Å². The highest BCUT2D eigenvalue weighted by atomic mass is 32.2. The van der Waals surface area contributed by atoms with Gasteiger partial charge in [-0.3, -0.25) is 9.48 Å². The summed E-state index contributed by atoms with van der Waals surface area (Å²) in [5.74, 6) is -0.0954. The summed E-state index contributed by atoms with van der Waals surface area (Å²) in [6.45, 7) is 1.91. The third-order valence-corrected chi connectivity index (χ3v) is 3.29. The molecular formula is C10H18N4O3S. The first kappa shape index (κ1) is 14.5. The van der Waals surface area contributed by atoms with Crippen molar-refractivity contribution in [3.8, 4) is 0 Å². The van der Waals surface area contributed by atoms with Gasteiger partial charge in [-0.2, -0.15) is 5.10 Å². The lowest BCUT2D eigenvalue weighted by atomic mass is 10.4. The lowest BCUT2D eigenvalue weighted by Crippen LogP contribution is -2.25. The Balaban J connectivity index is 2.56. The molecule has 0 saturated carbocycles. The second-order valence-corrected chi connectivity index (χ2v) is 6.42. The fraction of sp³-hybridized carbons (Fsp3) is 0.600. The minimum atomic E-state index is -3.01. The number of nitrogens with zero attached hydrogens (tertiary/aromatic N) is 2. The van der Waals surface area contributed by atoms with E-state index in [1.165, 1.54) is 10.9 Å². The highest BCUT2D eigenvalue weighted by Crippen LogP contribution is 2.07. The molecule has 0 saturated heterocycles. The fourth-order valence-electron chi connectivity index (χ4n) is 1.53. The molecule has 1 unspecified atom stereocenters. The van der Waals surface area contributed by atoms with Crippen molar-refractivity contribution in [2.24, 2.45) is 0 Å². The van der Waals surface area contributed by atoms with Gasteiger partial charge in [-0.15, -0.1) is 0 Å². The first-order valence-corrected chi connectivity index (χ1v) is 7.53. The largest absolute Gasteiger partial charge is 0.379 e. The molecule has 1 amide bonds. The lowest BCUT2D eigenvalue weighted by molar-refractivity contribution is -0.121. The van der Waals surface area contributed by atoms with Gasteiger partial charge in [0, 0.05) is 25.5 Å². The zero-order valence-corrected chi connectivity index (χ0v) is 11.5. The van der Waals surface area contributed by atoms with E-state index in [2.05, 4.69) is 15.7 Å². The van der Waals surface area contributed by atoms with Gasteiger partial charge in [0.05, 0.1) is 17.6 Å². The molecule has 0 aliphatic rings. The summed E-state index contributed by atoms with van der Waals surface area (Å²) in [6.07, 6.45) is 4.41. The maximum absolute atomic E-state index is 11.1. The van der Waals surface area contributed by atoms with Crippen LogP contribution in [-0.2, 0) is 21.2 Å². The summed E-state index contributed by atoms with van der Waals surface area (Å²) in [7, 11) is -1.46. The Morgan fingerprint density at radius 2 is 2.22 bits per heavy atom. The summed E-state index contributed by atoms with van der Waals surface area (Å²) in [6, 6.07) is -0.211. The third kappa shape index (κ3) is 5.17. The Hall–Kier alpha value is -1.57. The van der Waals surface area contributed by atoms with Crippen LogP contribution in [0.25, 0.3) is 0 Å². The predicted octanol–water partition coefficient (Wildman–Crippen LogP) is -0.526. The van der Waals surface area contributed by atoms with Crippen LogP contribution in [0, 0.1) is 0 Å². The average Bonchev–Trinajstić information content (AvgIpc) is 2.62. The molecule has 0 radical (unpaired) electrons. The highest BCUT2D eigenvalue weighted by molar-refractivity contribution is 7.90. The molecule has 0 bridgehead atoms. The van der Waals surface area contributed by atoms with Crippen molar-refractivity contribution in [1.82, 2.24) is 15.1 Å². The quantitative estimate of drug-likeness (QED) is 0.727. The summed E-state index contributed by atoms with van der Waals surface area (Å²) in [5, 5.41) is 9.51. The molecule has 8 heteroatoms. The Bertz CT molecular complexity index is 509. The van der Waals surface area contributed by atoms with E-state index in [0.717, 1.165) is 0 Å². The summed E-state index contributed by atoms with van der Waals surface area (Å²) in [4.78, 5) is 11.1.